The number of hydrogen-bond donors (Lipinski definition) is 1. The van der Waals surface area contributed by atoms with E-state index in [-0.39, 0.29) is 12.0 Å². The molecule has 0 aliphatic heterocycles. The third-order valence-electron chi connectivity index (χ3n) is 1.32. The minimum absolute atomic E-state index is 0.233. The molecule has 0 aromatic carbocycles. The van der Waals surface area contributed by atoms with Gasteiger partial charge >= 0.3 is 5.97 Å². The van der Waals surface area contributed by atoms with Gasteiger partial charge < -0.3 is 10.1 Å². The number of alkyl halides is 1. The van der Waals surface area contributed by atoms with Gasteiger partial charge in [-0.3, -0.25) is 4.79 Å². The smallest absolute Gasteiger partial charge is 0.322 e. The normalized spacial score (nSPS) is 12.6. The lowest BCUT2D eigenvalue weighted by atomic mass is 10.3. The molecular weight excluding hydrogens is 166 g/mol. The topological polar surface area (TPSA) is 38.3 Å². The van der Waals surface area contributed by atoms with Crippen molar-refractivity contribution >= 4 is 17.6 Å². The second kappa shape index (κ2) is 6.43. The van der Waals surface area contributed by atoms with Gasteiger partial charge in [0.05, 0.1) is 7.11 Å². The Balaban J connectivity index is 3.36. The van der Waals surface area contributed by atoms with E-state index in [1.807, 2.05) is 0 Å². The Morgan fingerprint density at radius 3 is 2.82 bits per heavy atom. The highest BCUT2D eigenvalue weighted by Crippen LogP contribution is 1.87. The van der Waals surface area contributed by atoms with E-state index in [0.717, 1.165) is 13.0 Å². The maximum absolute atomic E-state index is 10.8. The summed E-state index contributed by atoms with van der Waals surface area (Å²) in [7, 11) is 1.38. The Hall–Kier alpha value is -0.280. The summed E-state index contributed by atoms with van der Waals surface area (Å²) in [4.78, 5) is 10.8. The summed E-state index contributed by atoms with van der Waals surface area (Å²) in [6.45, 7) is 2.51. The number of carbonyl (C=O) groups is 1. The molecule has 0 heterocycles. The number of rotatable bonds is 5. The zero-order chi connectivity index (χ0) is 8.69. The van der Waals surface area contributed by atoms with Crippen LogP contribution in [0, 0.1) is 0 Å². The number of methoxy groups -OCH3 is 1. The van der Waals surface area contributed by atoms with Crippen molar-refractivity contribution in [1.29, 1.82) is 0 Å². The van der Waals surface area contributed by atoms with E-state index in [2.05, 4.69) is 10.1 Å². The lowest BCUT2D eigenvalue weighted by Crippen LogP contribution is -2.35. The molecule has 0 aromatic heterocycles. The standard InChI is InChI=1S/C7H14ClNO2/c1-6(7(10)11-2)9-5-3-4-8/h6,9H,3-5H2,1-2H3. The van der Waals surface area contributed by atoms with Crippen molar-refractivity contribution in [1.82, 2.24) is 5.32 Å². The van der Waals surface area contributed by atoms with E-state index in [4.69, 9.17) is 11.6 Å². The predicted octanol–water partition coefficient (Wildman–Crippen LogP) is 0.766. The van der Waals surface area contributed by atoms with Crippen LogP contribution in [0.5, 0.6) is 0 Å². The first-order chi connectivity index (χ1) is 5.22. The van der Waals surface area contributed by atoms with E-state index < -0.39 is 0 Å². The van der Waals surface area contributed by atoms with Crippen LogP contribution in [0.2, 0.25) is 0 Å². The third-order valence-corrected chi connectivity index (χ3v) is 1.58. The van der Waals surface area contributed by atoms with Crippen molar-refractivity contribution in [2.45, 2.75) is 19.4 Å². The molecule has 1 unspecified atom stereocenters. The second-order valence-corrected chi connectivity index (χ2v) is 2.62. The largest absolute Gasteiger partial charge is 0.468 e. The summed E-state index contributed by atoms with van der Waals surface area (Å²) in [6.07, 6.45) is 0.864. The molecule has 0 aliphatic carbocycles. The Morgan fingerprint density at radius 1 is 1.73 bits per heavy atom. The van der Waals surface area contributed by atoms with Gasteiger partial charge in [0.1, 0.15) is 6.04 Å². The molecule has 11 heavy (non-hydrogen) atoms. The lowest BCUT2D eigenvalue weighted by Gasteiger charge is -2.09. The highest BCUT2D eigenvalue weighted by Gasteiger charge is 2.10. The van der Waals surface area contributed by atoms with Crippen molar-refractivity contribution in [2.24, 2.45) is 0 Å². The zero-order valence-corrected chi connectivity index (χ0v) is 7.65. The summed E-state index contributed by atoms with van der Waals surface area (Å²) in [5.74, 6) is 0.375. The molecule has 0 bridgehead atoms. The molecule has 0 spiro atoms. The number of carbonyl (C=O) groups excluding carboxylic acids is 1. The molecule has 1 N–H and O–H groups in total. The minimum atomic E-state index is -0.237. The summed E-state index contributed by atoms with van der Waals surface area (Å²) >= 11 is 5.44. The number of nitrogens with one attached hydrogen (secondary N) is 1. The Bertz CT molecular complexity index is 119. The highest BCUT2D eigenvalue weighted by atomic mass is 35.5. The van der Waals surface area contributed by atoms with Gasteiger partial charge in [0.15, 0.2) is 0 Å². The first-order valence-electron chi connectivity index (χ1n) is 3.59. The molecule has 66 valence electrons. The monoisotopic (exact) mass is 179 g/mol. The van der Waals surface area contributed by atoms with E-state index in [1.54, 1.807) is 6.92 Å². The van der Waals surface area contributed by atoms with Crippen molar-refractivity contribution < 1.29 is 9.53 Å². The summed E-state index contributed by atoms with van der Waals surface area (Å²) in [5, 5.41) is 2.98. The Kier molecular flexibility index (Phi) is 6.27. The van der Waals surface area contributed by atoms with Gasteiger partial charge in [-0.05, 0) is 19.9 Å². The van der Waals surface area contributed by atoms with Gasteiger partial charge in [-0.1, -0.05) is 0 Å². The molecule has 0 saturated carbocycles. The summed E-state index contributed by atoms with van der Waals surface area (Å²) < 4.78 is 4.51. The number of halogens is 1. The van der Waals surface area contributed by atoms with Gasteiger partial charge in [-0.25, -0.2) is 0 Å². The van der Waals surface area contributed by atoms with E-state index in [1.165, 1.54) is 7.11 Å². The third kappa shape index (κ3) is 5.04. The molecule has 0 amide bonds. The number of ether oxygens (including phenoxy) is 1. The summed E-state index contributed by atoms with van der Waals surface area (Å²) in [6, 6.07) is -0.233. The molecule has 0 rings (SSSR count). The van der Waals surface area contributed by atoms with Crippen molar-refractivity contribution in [3.63, 3.8) is 0 Å². The van der Waals surface area contributed by atoms with Gasteiger partial charge in [0.25, 0.3) is 0 Å². The zero-order valence-electron chi connectivity index (χ0n) is 6.89. The van der Waals surface area contributed by atoms with E-state index in [0.29, 0.717) is 5.88 Å². The molecule has 4 heteroatoms. The Labute approximate surface area is 72.1 Å². The number of esters is 1. The van der Waals surface area contributed by atoms with Crippen LogP contribution >= 0.6 is 11.6 Å². The second-order valence-electron chi connectivity index (χ2n) is 2.24. The van der Waals surface area contributed by atoms with Crippen molar-refractivity contribution in [3.8, 4) is 0 Å². The number of hydrogen-bond acceptors (Lipinski definition) is 3. The predicted molar refractivity (Wildman–Crippen MR) is 44.8 cm³/mol. The Morgan fingerprint density at radius 2 is 2.36 bits per heavy atom. The summed E-state index contributed by atoms with van der Waals surface area (Å²) in [5.41, 5.74) is 0. The molecule has 0 radical (unpaired) electrons. The minimum Gasteiger partial charge on any atom is -0.468 e. The van der Waals surface area contributed by atoms with Gasteiger partial charge in [-0.15, -0.1) is 11.6 Å². The van der Waals surface area contributed by atoms with Crippen LogP contribution in [0.4, 0.5) is 0 Å². The quantitative estimate of drug-likeness (QED) is 0.385. The fraction of sp³-hybridized carbons (Fsp3) is 0.857. The molecule has 0 aliphatic rings. The molecule has 3 nitrogen and oxygen atoms in total. The molecule has 1 atom stereocenters. The molecule has 0 saturated heterocycles. The molecular formula is C7H14ClNO2. The van der Waals surface area contributed by atoms with Crippen molar-refractivity contribution in [2.75, 3.05) is 19.5 Å². The van der Waals surface area contributed by atoms with Crippen LogP contribution in [0.1, 0.15) is 13.3 Å². The van der Waals surface area contributed by atoms with Crippen LogP contribution in [0.15, 0.2) is 0 Å². The van der Waals surface area contributed by atoms with E-state index >= 15 is 0 Å². The van der Waals surface area contributed by atoms with Crippen molar-refractivity contribution in [3.05, 3.63) is 0 Å². The first-order valence-corrected chi connectivity index (χ1v) is 4.13. The fourth-order valence-electron chi connectivity index (χ4n) is 0.645. The van der Waals surface area contributed by atoms with Gasteiger partial charge in [0.2, 0.25) is 0 Å². The first kappa shape index (κ1) is 10.7. The van der Waals surface area contributed by atoms with Crippen LogP contribution in [0.25, 0.3) is 0 Å². The fourth-order valence-corrected chi connectivity index (χ4v) is 0.779. The van der Waals surface area contributed by atoms with Crippen LogP contribution in [-0.2, 0) is 9.53 Å². The lowest BCUT2D eigenvalue weighted by molar-refractivity contribution is -0.142. The van der Waals surface area contributed by atoms with Crippen LogP contribution in [-0.4, -0.2) is 31.5 Å². The highest BCUT2D eigenvalue weighted by molar-refractivity contribution is 6.17. The average Bonchev–Trinajstić information content (AvgIpc) is 2.03. The van der Waals surface area contributed by atoms with Gasteiger partial charge in [-0.2, -0.15) is 0 Å². The van der Waals surface area contributed by atoms with Crippen LogP contribution in [0.3, 0.4) is 0 Å². The van der Waals surface area contributed by atoms with Crippen LogP contribution < -0.4 is 5.32 Å². The maximum Gasteiger partial charge on any atom is 0.322 e. The van der Waals surface area contributed by atoms with Gasteiger partial charge in [0, 0.05) is 5.88 Å². The maximum atomic E-state index is 10.8. The average molecular weight is 180 g/mol. The molecule has 0 fully saturated rings. The SMILES string of the molecule is COC(=O)C(C)NCCCCl. The van der Waals surface area contributed by atoms with E-state index in [9.17, 15) is 4.79 Å². The molecule has 0 aromatic rings.